The number of aliphatic imine (C=N–C) groups is 1. The third-order valence-electron chi connectivity index (χ3n) is 5.21. The summed E-state index contributed by atoms with van der Waals surface area (Å²) in [6, 6.07) is -0.786. The van der Waals surface area contributed by atoms with Gasteiger partial charge in [0.1, 0.15) is 16.8 Å². The molecule has 0 bridgehead atoms. The average Bonchev–Trinajstić information content (AvgIpc) is 2.78. The molecule has 4 N–H and O–H groups in total. The van der Waals surface area contributed by atoms with Gasteiger partial charge in [0, 0.05) is 26.4 Å². The number of guanidine groups is 1. The minimum atomic E-state index is -0.808. The Hall–Kier alpha value is -3.38. The Kier molecular flexibility index (Phi) is 17.5. The molecule has 0 aromatic rings. The molecular weight excluding hydrogens is 558 g/mol. The molecule has 0 heterocycles. The predicted octanol–water partition coefficient (Wildman–Crippen LogP) is 5.11. The number of nitrogens with zero attached hydrogens (tertiary/aromatic N) is 1. The maximum atomic E-state index is 13.0. The smallest absolute Gasteiger partial charge is 0.414 e. The highest BCUT2D eigenvalue weighted by molar-refractivity contribution is 6.01. The highest BCUT2D eigenvalue weighted by Crippen LogP contribution is 2.12. The Morgan fingerprint density at radius 3 is 1.60 bits per heavy atom. The van der Waals surface area contributed by atoms with Crippen LogP contribution in [0.25, 0.3) is 0 Å². The van der Waals surface area contributed by atoms with E-state index in [4.69, 9.17) is 14.2 Å². The SMILES string of the molecule is CC(=O)NCCCCCCCC(=O)[C@H](CCCN=C(NC(=O)OC(C)(C)C)NC(=O)OC(C)(C)C)NC(=O)OC(C)(C)C. The molecule has 248 valence electrons. The Balaban J connectivity index is 5.25. The largest absolute Gasteiger partial charge is 0.444 e. The summed E-state index contributed by atoms with van der Waals surface area (Å²) in [6.07, 6.45) is 2.90. The first kappa shape index (κ1) is 39.6. The summed E-state index contributed by atoms with van der Waals surface area (Å²) in [5.41, 5.74) is -2.27. The van der Waals surface area contributed by atoms with Gasteiger partial charge in [-0.1, -0.05) is 19.3 Å². The molecule has 0 radical (unpaired) electrons. The summed E-state index contributed by atoms with van der Waals surface area (Å²) < 4.78 is 15.8. The summed E-state index contributed by atoms with van der Waals surface area (Å²) in [7, 11) is 0. The van der Waals surface area contributed by atoms with E-state index in [2.05, 4.69) is 26.3 Å². The molecule has 0 aliphatic rings. The molecule has 0 rings (SSSR count). The highest BCUT2D eigenvalue weighted by Gasteiger charge is 2.24. The zero-order chi connectivity index (χ0) is 33.3. The van der Waals surface area contributed by atoms with E-state index >= 15 is 0 Å². The van der Waals surface area contributed by atoms with Gasteiger partial charge < -0.3 is 24.8 Å². The number of alkyl carbamates (subject to hydrolysis) is 3. The summed E-state index contributed by atoms with van der Waals surface area (Å²) >= 11 is 0. The van der Waals surface area contributed by atoms with Gasteiger partial charge in [0.05, 0.1) is 6.04 Å². The number of nitrogens with one attached hydrogen (secondary N) is 4. The molecule has 13 nitrogen and oxygen atoms in total. The monoisotopic (exact) mass is 613 g/mol. The highest BCUT2D eigenvalue weighted by atomic mass is 16.6. The van der Waals surface area contributed by atoms with Crippen LogP contribution in [0, 0.1) is 0 Å². The fourth-order valence-corrected chi connectivity index (χ4v) is 3.55. The summed E-state index contributed by atoms with van der Waals surface area (Å²) in [4.78, 5) is 65.3. The Morgan fingerprint density at radius 2 is 1.12 bits per heavy atom. The number of carbonyl (C=O) groups is 5. The zero-order valence-corrected chi connectivity index (χ0v) is 27.9. The lowest BCUT2D eigenvalue weighted by Gasteiger charge is -2.23. The molecule has 1 atom stereocenters. The van der Waals surface area contributed by atoms with Crippen molar-refractivity contribution in [2.75, 3.05) is 13.1 Å². The van der Waals surface area contributed by atoms with Crippen LogP contribution < -0.4 is 21.3 Å². The van der Waals surface area contributed by atoms with Crippen molar-refractivity contribution in [3.8, 4) is 0 Å². The number of hydrogen-bond acceptors (Lipinski definition) is 9. The second kappa shape index (κ2) is 19.0. The van der Waals surface area contributed by atoms with Gasteiger partial charge in [-0.2, -0.15) is 0 Å². The van der Waals surface area contributed by atoms with Crippen molar-refractivity contribution in [2.24, 2.45) is 4.99 Å². The van der Waals surface area contributed by atoms with Gasteiger partial charge >= 0.3 is 18.3 Å². The zero-order valence-electron chi connectivity index (χ0n) is 27.9. The van der Waals surface area contributed by atoms with E-state index in [1.54, 1.807) is 62.3 Å². The Labute approximate surface area is 257 Å². The molecule has 0 saturated heterocycles. The molecule has 0 aliphatic heterocycles. The molecule has 4 amide bonds. The first-order chi connectivity index (χ1) is 19.7. The first-order valence-electron chi connectivity index (χ1n) is 15.0. The van der Waals surface area contributed by atoms with Gasteiger partial charge in [0.15, 0.2) is 5.78 Å². The second-order valence-electron chi connectivity index (χ2n) is 13.3. The van der Waals surface area contributed by atoms with Gasteiger partial charge in [-0.25, -0.2) is 14.4 Å². The Morgan fingerprint density at radius 1 is 0.651 bits per heavy atom. The van der Waals surface area contributed by atoms with E-state index in [0.29, 0.717) is 25.8 Å². The van der Waals surface area contributed by atoms with E-state index in [1.165, 1.54) is 6.92 Å². The van der Waals surface area contributed by atoms with E-state index in [0.717, 1.165) is 25.7 Å². The number of rotatable bonds is 14. The van der Waals surface area contributed by atoms with Crippen molar-refractivity contribution in [3.63, 3.8) is 0 Å². The van der Waals surface area contributed by atoms with Crippen molar-refractivity contribution in [1.82, 2.24) is 21.3 Å². The van der Waals surface area contributed by atoms with Crippen molar-refractivity contribution in [2.45, 2.75) is 143 Å². The van der Waals surface area contributed by atoms with Crippen molar-refractivity contribution in [3.05, 3.63) is 0 Å². The van der Waals surface area contributed by atoms with Gasteiger partial charge in [0.25, 0.3) is 0 Å². The van der Waals surface area contributed by atoms with E-state index < -0.39 is 41.1 Å². The fraction of sp³-hybridized carbons (Fsp3) is 0.800. The van der Waals surface area contributed by atoms with Gasteiger partial charge in [-0.15, -0.1) is 0 Å². The van der Waals surface area contributed by atoms with E-state index in [9.17, 15) is 24.0 Å². The van der Waals surface area contributed by atoms with Crippen molar-refractivity contribution < 1.29 is 38.2 Å². The quantitative estimate of drug-likeness (QED) is 0.0905. The third kappa shape index (κ3) is 24.9. The van der Waals surface area contributed by atoms with E-state index in [-0.39, 0.29) is 30.6 Å². The van der Waals surface area contributed by atoms with Crippen LogP contribution in [0.1, 0.15) is 121 Å². The fourth-order valence-electron chi connectivity index (χ4n) is 3.55. The lowest BCUT2D eigenvalue weighted by molar-refractivity contribution is -0.121. The lowest BCUT2D eigenvalue weighted by Crippen LogP contribution is -2.47. The normalized spacial score (nSPS) is 12.3. The van der Waals surface area contributed by atoms with Crippen LogP contribution in [-0.4, -0.2) is 71.9 Å². The molecule has 0 aromatic carbocycles. The molecule has 0 saturated carbocycles. The standard InChI is InChI=1S/C30H55N5O8/c1-21(36)31-19-15-13-11-12-14-18-23(37)22(33-25(38)41-28(2,3)4)17-16-20-32-24(34-26(39)42-29(5,6)7)35-27(40)43-30(8,9)10/h22H,11-20H2,1-10H3,(H,31,36)(H,33,38)(H2,32,34,35,39,40)/t22-/m0/s1. The molecule has 0 fully saturated rings. The molecule has 43 heavy (non-hydrogen) atoms. The van der Waals surface area contributed by atoms with Gasteiger partial charge in [0.2, 0.25) is 11.9 Å². The van der Waals surface area contributed by atoms with Crippen LogP contribution in [0.5, 0.6) is 0 Å². The van der Waals surface area contributed by atoms with Crippen LogP contribution in [0.15, 0.2) is 4.99 Å². The summed E-state index contributed by atoms with van der Waals surface area (Å²) in [5.74, 6) is -0.327. The topological polar surface area (TPSA) is 174 Å². The number of amides is 4. The van der Waals surface area contributed by atoms with Crippen LogP contribution in [-0.2, 0) is 23.8 Å². The van der Waals surface area contributed by atoms with E-state index in [1.807, 2.05) is 0 Å². The molecule has 13 heteroatoms. The van der Waals surface area contributed by atoms with Crippen molar-refractivity contribution in [1.29, 1.82) is 0 Å². The first-order valence-corrected chi connectivity index (χ1v) is 15.0. The minimum absolute atomic E-state index is 0.0466. The maximum Gasteiger partial charge on any atom is 0.414 e. The van der Waals surface area contributed by atoms with Crippen LogP contribution >= 0.6 is 0 Å². The average molecular weight is 614 g/mol. The number of carbonyl (C=O) groups excluding carboxylic acids is 5. The number of unbranched alkanes of at least 4 members (excludes halogenated alkanes) is 4. The van der Waals surface area contributed by atoms with Crippen molar-refractivity contribution >= 4 is 35.9 Å². The second-order valence-corrected chi connectivity index (χ2v) is 13.3. The third-order valence-corrected chi connectivity index (χ3v) is 5.21. The van der Waals surface area contributed by atoms with Gasteiger partial charge in [-0.3, -0.25) is 25.2 Å². The van der Waals surface area contributed by atoms with Gasteiger partial charge in [-0.05, 0) is 88.0 Å². The van der Waals surface area contributed by atoms with Crippen LogP contribution in [0.3, 0.4) is 0 Å². The maximum absolute atomic E-state index is 13.0. The number of ketones is 1. The molecule has 0 spiro atoms. The molecule has 0 unspecified atom stereocenters. The molecule has 0 aromatic heterocycles. The minimum Gasteiger partial charge on any atom is -0.444 e. The molecular formula is C30H55N5O8. The summed E-state index contributed by atoms with van der Waals surface area (Å²) in [5, 5.41) is 10.3. The lowest BCUT2D eigenvalue weighted by atomic mass is 10.0. The Bertz CT molecular complexity index is 914. The number of ether oxygens (including phenoxy) is 3. The number of Topliss-reactive ketones (excluding diaryl/α,β-unsaturated/α-hetero) is 1. The van der Waals surface area contributed by atoms with Crippen LogP contribution in [0.2, 0.25) is 0 Å². The number of hydrogen-bond donors (Lipinski definition) is 4. The predicted molar refractivity (Wildman–Crippen MR) is 165 cm³/mol. The van der Waals surface area contributed by atoms with Crippen LogP contribution in [0.4, 0.5) is 14.4 Å². The molecule has 0 aliphatic carbocycles. The summed E-state index contributed by atoms with van der Waals surface area (Å²) in [6.45, 7) is 17.7.